The van der Waals surface area contributed by atoms with Gasteiger partial charge in [0, 0.05) is 17.9 Å². The van der Waals surface area contributed by atoms with Crippen molar-refractivity contribution in [2.24, 2.45) is 5.73 Å². The van der Waals surface area contributed by atoms with Crippen LogP contribution in [0.25, 0.3) is 5.52 Å². The lowest BCUT2D eigenvalue weighted by Crippen LogP contribution is -2.22. The molecule has 2 aromatic rings. The summed E-state index contributed by atoms with van der Waals surface area (Å²) in [6.45, 7) is 0. The summed E-state index contributed by atoms with van der Waals surface area (Å²) in [6, 6.07) is 0. The molecule has 0 bridgehead atoms. The topological polar surface area (TPSA) is 56.2 Å². The molecule has 84 valence electrons. The van der Waals surface area contributed by atoms with Crippen LogP contribution in [0.4, 0.5) is 0 Å². The van der Waals surface area contributed by atoms with Crippen LogP contribution in [0.15, 0.2) is 18.6 Å². The zero-order chi connectivity index (χ0) is 11.2. The van der Waals surface area contributed by atoms with Gasteiger partial charge in [0.15, 0.2) is 0 Å². The van der Waals surface area contributed by atoms with Crippen LogP contribution in [0.5, 0.6) is 0 Å². The molecule has 5 heteroatoms. The van der Waals surface area contributed by atoms with Gasteiger partial charge in [0.05, 0.1) is 17.4 Å². The number of nitrogens with zero attached hydrogens (tertiary/aromatic N) is 3. The molecule has 1 saturated carbocycles. The normalized spacial score (nSPS) is 17.9. The second-order valence-corrected chi connectivity index (χ2v) is 4.86. The first kappa shape index (κ1) is 10.1. The Morgan fingerprint density at radius 1 is 1.50 bits per heavy atom. The molecule has 0 amide bonds. The largest absolute Gasteiger partial charge is 0.325 e. The minimum absolute atomic E-state index is 0.0601. The highest BCUT2D eigenvalue weighted by Gasteiger charge is 2.37. The SMILES string of the molecule is NC1(CCc2nc(Cl)n3ccncc23)CC1. The van der Waals surface area contributed by atoms with Crippen LogP contribution >= 0.6 is 11.6 Å². The quantitative estimate of drug-likeness (QED) is 0.884. The molecule has 0 aromatic carbocycles. The summed E-state index contributed by atoms with van der Waals surface area (Å²) in [6.07, 6.45) is 9.43. The molecular weight excluding hydrogens is 224 g/mol. The highest BCUT2D eigenvalue weighted by Crippen LogP contribution is 2.36. The van der Waals surface area contributed by atoms with E-state index in [1.54, 1.807) is 12.4 Å². The van der Waals surface area contributed by atoms with Crippen molar-refractivity contribution in [3.05, 3.63) is 29.6 Å². The lowest BCUT2D eigenvalue weighted by atomic mass is 10.1. The third-order valence-corrected chi connectivity index (χ3v) is 3.50. The summed E-state index contributed by atoms with van der Waals surface area (Å²) in [4.78, 5) is 8.45. The summed E-state index contributed by atoms with van der Waals surface area (Å²) < 4.78 is 1.85. The maximum atomic E-state index is 6.06. The third kappa shape index (κ3) is 1.68. The van der Waals surface area contributed by atoms with Crippen LogP contribution in [0, 0.1) is 0 Å². The molecule has 2 aromatic heterocycles. The van der Waals surface area contributed by atoms with E-state index < -0.39 is 0 Å². The van der Waals surface area contributed by atoms with Crippen LogP contribution in [0.2, 0.25) is 5.28 Å². The van der Waals surface area contributed by atoms with E-state index in [-0.39, 0.29) is 5.54 Å². The highest BCUT2D eigenvalue weighted by molar-refractivity contribution is 6.28. The van der Waals surface area contributed by atoms with Gasteiger partial charge in [0.25, 0.3) is 0 Å². The smallest absolute Gasteiger partial charge is 0.207 e. The van der Waals surface area contributed by atoms with Crippen LogP contribution in [0.3, 0.4) is 0 Å². The predicted molar refractivity (Wildman–Crippen MR) is 62.5 cm³/mol. The van der Waals surface area contributed by atoms with E-state index >= 15 is 0 Å². The van der Waals surface area contributed by atoms with Gasteiger partial charge in [-0.15, -0.1) is 0 Å². The van der Waals surface area contributed by atoms with Crippen LogP contribution in [-0.2, 0) is 6.42 Å². The first-order valence-electron chi connectivity index (χ1n) is 5.43. The van der Waals surface area contributed by atoms with Crippen molar-refractivity contribution in [1.82, 2.24) is 14.4 Å². The Morgan fingerprint density at radius 2 is 2.31 bits per heavy atom. The predicted octanol–water partition coefficient (Wildman–Crippen LogP) is 1.81. The Morgan fingerprint density at radius 3 is 3.06 bits per heavy atom. The van der Waals surface area contributed by atoms with Crippen molar-refractivity contribution in [1.29, 1.82) is 0 Å². The molecular formula is C11H13ClN4. The number of rotatable bonds is 3. The maximum absolute atomic E-state index is 6.06. The minimum Gasteiger partial charge on any atom is -0.325 e. The monoisotopic (exact) mass is 236 g/mol. The van der Waals surface area contributed by atoms with Gasteiger partial charge in [-0.05, 0) is 37.3 Å². The fourth-order valence-corrected chi connectivity index (χ4v) is 2.17. The highest BCUT2D eigenvalue weighted by atomic mass is 35.5. The molecule has 3 rings (SSSR count). The molecule has 0 saturated heterocycles. The van der Waals surface area contributed by atoms with E-state index in [1.165, 1.54) is 0 Å². The van der Waals surface area contributed by atoms with Gasteiger partial charge in [-0.3, -0.25) is 9.38 Å². The first-order valence-corrected chi connectivity index (χ1v) is 5.81. The fraction of sp³-hybridized carbons (Fsp3) is 0.455. The molecule has 0 spiro atoms. The number of nitrogens with two attached hydrogens (primary N) is 1. The van der Waals surface area contributed by atoms with Crippen LogP contribution in [0.1, 0.15) is 25.0 Å². The Bertz CT molecular complexity index is 530. The van der Waals surface area contributed by atoms with Crippen molar-refractivity contribution in [2.45, 2.75) is 31.2 Å². The van der Waals surface area contributed by atoms with E-state index in [9.17, 15) is 0 Å². The molecule has 1 aliphatic carbocycles. The van der Waals surface area contributed by atoms with Crippen molar-refractivity contribution in [3.8, 4) is 0 Å². The Labute approximate surface area is 98.5 Å². The van der Waals surface area contributed by atoms with Gasteiger partial charge in [0.1, 0.15) is 0 Å². The van der Waals surface area contributed by atoms with Crippen molar-refractivity contribution < 1.29 is 0 Å². The molecule has 1 aliphatic rings. The van der Waals surface area contributed by atoms with Gasteiger partial charge in [-0.25, -0.2) is 4.98 Å². The average Bonchev–Trinajstić information content (AvgIpc) is 2.94. The van der Waals surface area contributed by atoms with Gasteiger partial charge < -0.3 is 5.73 Å². The lowest BCUT2D eigenvalue weighted by Gasteiger charge is -2.05. The molecule has 16 heavy (non-hydrogen) atoms. The molecule has 1 fully saturated rings. The second kappa shape index (κ2) is 3.43. The molecule has 0 radical (unpaired) electrons. The molecule has 4 nitrogen and oxygen atoms in total. The van der Waals surface area contributed by atoms with Crippen molar-refractivity contribution >= 4 is 17.1 Å². The van der Waals surface area contributed by atoms with Gasteiger partial charge >= 0.3 is 0 Å². The number of hydrogen-bond acceptors (Lipinski definition) is 3. The number of halogens is 1. The summed E-state index contributed by atoms with van der Waals surface area (Å²) in [5.41, 5.74) is 8.10. The summed E-state index contributed by atoms with van der Waals surface area (Å²) in [5.74, 6) is 0. The lowest BCUT2D eigenvalue weighted by molar-refractivity contribution is 0.606. The van der Waals surface area contributed by atoms with E-state index in [4.69, 9.17) is 17.3 Å². The fourth-order valence-electron chi connectivity index (χ4n) is 1.92. The number of fused-ring (bicyclic) bond motifs is 1. The average molecular weight is 237 g/mol. The van der Waals surface area contributed by atoms with Crippen LogP contribution < -0.4 is 5.73 Å². The summed E-state index contributed by atoms with van der Waals surface area (Å²) in [7, 11) is 0. The van der Waals surface area contributed by atoms with Crippen LogP contribution in [-0.4, -0.2) is 19.9 Å². The zero-order valence-corrected chi connectivity index (χ0v) is 9.61. The number of aryl methyl sites for hydroxylation is 1. The van der Waals surface area contributed by atoms with E-state index in [2.05, 4.69) is 9.97 Å². The first-order chi connectivity index (χ1) is 7.68. The summed E-state index contributed by atoms with van der Waals surface area (Å²) in [5, 5.41) is 0.495. The van der Waals surface area contributed by atoms with E-state index in [0.717, 1.165) is 36.9 Å². The van der Waals surface area contributed by atoms with Gasteiger partial charge in [-0.2, -0.15) is 0 Å². The standard InChI is InChI=1S/C11H13ClN4/c12-10-15-8(1-2-11(13)3-4-11)9-7-14-5-6-16(9)10/h5-7H,1-4,13H2. The van der Waals surface area contributed by atoms with Crippen molar-refractivity contribution in [2.75, 3.05) is 0 Å². The Hall–Kier alpha value is -1.13. The molecule has 0 atom stereocenters. The maximum Gasteiger partial charge on any atom is 0.207 e. The molecule has 0 aliphatic heterocycles. The summed E-state index contributed by atoms with van der Waals surface area (Å²) >= 11 is 6.04. The zero-order valence-electron chi connectivity index (χ0n) is 8.86. The molecule has 2 heterocycles. The second-order valence-electron chi connectivity index (χ2n) is 4.52. The van der Waals surface area contributed by atoms with Gasteiger partial charge in [-0.1, -0.05) is 0 Å². The van der Waals surface area contributed by atoms with Crippen molar-refractivity contribution in [3.63, 3.8) is 0 Å². The molecule has 0 unspecified atom stereocenters. The third-order valence-electron chi connectivity index (χ3n) is 3.23. The minimum atomic E-state index is 0.0601. The van der Waals surface area contributed by atoms with Gasteiger partial charge in [0.2, 0.25) is 5.28 Å². The number of imidazole rings is 1. The Balaban J connectivity index is 1.91. The van der Waals surface area contributed by atoms with E-state index in [1.807, 2.05) is 10.6 Å². The Kier molecular flexibility index (Phi) is 2.16. The van der Waals surface area contributed by atoms with E-state index in [0.29, 0.717) is 5.28 Å². The molecule has 2 N–H and O–H groups in total. The number of aromatic nitrogens is 3. The number of hydrogen-bond donors (Lipinski definition) is 1.